The van der Waals surface area contributed by atoms with Gasteiger partial charge in [-0.1, -0.05) is 69.3 Å². The molecule has 0 amide bonds. The Morgan fingerprint density at radius 1 is 0.957 bits per heavy atom. The van der Waals surface area contributed by atoms with Gasteiger partial charge in [-0.15, -0.1) is 0 Å². The van der Waals surface area contributed by atoms with Crippen molar-refractivity contribution in [2.45, 2.75) is 26.2 Å². The maximum atomic E-state index is 8.95. The van der Waals surface area contributed by atoms with Crippen LogP contribution in [0.15, 0.2) is 54.2 Å². The van der Waals surface area contributed by atoms with Crippen molar-refractivity contribution in [1.29, 1.82) is 5.26 Å². The van der Waals surface area contributed by atoms with Crippen LogP contribution in [0, 0.1) is 11.3 Å². The molecule has 0 unspecified atom stereocenters. The molecule has 0 fully saturated rings. The standard InChI is InChI=1S/C19H22N4/c1-19(2,3)16-10-8-14(9-11-16)13-4-6-15(7-5-13)18(21)17(12-20)23-22/h4-11,23H,21-22H2,1-3H3/b18-17-. The van der Waals surface area contributed by atoms with Crippen molar-refractivity contribution < 1.29 is 0 Å². The zero-order chi connectivity index (χ0) is 17.0. The van der Waals surface area contributed by atoms with Crippen molar-refractivity contribution in [3.05, 3.63) is 65.4 Å². The Hall–Kier alpha value is -2.77. The second-order valence-electron chi connectivity index (χ2n) is 6.45. The van der Waals surface area contributed by atoms with E-state index in [0.29, 0.717) is 5.70 Å². The molecule has 0 spiro atoms. The van der Waals surface area contributed by atoms with E-state index >= 15 is 0 Å². The lowest BCUT2D eigenvalue weighted by molar-refractivity contribution is 0.590. The van der Waals surface area contributed by atoms with E-state index in [1.165, 1.54) is 5.56 Å². The summed E-state index contributed by atoms with van der Waals surface area (Å²) < 4.78 is 0. The molecule has 0 radical (unpaired) electrons. The molecule has 0 bridgehead atoms. The van der Waals surface area contributed by atoms with Gasteiger partial charge in [-0.25, -0.2) is 5.84 Å². The molecule has 0 aromatic heterocycles. The monoisotopic (exact) mass is 306 g/mol. The minimum absolute atomic E-state index is 0.143. The van der Waals surface area contributed by atoms with Gasteiger partial charge in [0.15, 0.2) is 5.70 Å². The predicted octanol–water partition coefficient (Wildman–Crippen LogP) is 3.27. The second-order valence-corrected chi connectivity index (χ2v) is 6.45. The summed E-state index contributed by atoms with van der Waals surface area (Å²) in [5.41, 5.74) is 13.2. The SMILES string of the molecule is CC(C)(C)c1ccc(-c2ccc(/C(N)=C(\C#N)NN)cc2)cc1. The van der Waals surface area contributed by atoms with E-state index in [9.17, 15) is 0 Å². The molecule has 2 rings (SSSR count). The lowest BCUT2D eigenvalue weighted by Crippen LogP contribution is -2.23. The fraction of sp³-hybridized carbons (Fsp3) is 0.211. The molecular weight excluding hydrogens is 284 g/mol. The molecule has 5 N–H and O–H groups in total. The number of rotatable bonds is 3. The molecule has 0 aliphatic carbocycles. The van der Waals surface area contributed by atoms with E-state index in [-0.39, 0.29) is 11.1 Å². The van der Waals surface area contributed by atoms with Crippen LogP contribution in [-0.4, -0.2) is 0 Å². The van der Waals surface area contributed by atoms with Crippen LogP contribution in [0.3, 0.4) is 0 Å². The first-order chi connectivity index (χ1) is 10.9. The molecule has 2 aromatic carbocycles. The van der Waals surface area contributed by atoms with Crippen LogP contribution in [0.25, 0.3) is 16.8 Å². The van der Waals surface area contributed by atoms with Crippen LogP contribution in [-0.2, 0) is 5.41 Å². The number of nitrogens with zero attached hydrogens (tertiary/aromatic N) is 1. The van der Waals surface area contributed by atoms with Gasteiger partial charge >= 0.3 is 0 Å². The van der Waals surface area contributed by atoms with Gasteiger partial charge in [-0.3, -0.25) is 0 Å². The summed E-state index contributed by atoms with van der Waals surface area (Å²) in [6.45, 7) is 6.60. The first kappa shape index (κ1) is 16.6. The zero-order valence-corrected chi connectivity index (χ0v) is 13.7. The molecular formula is C19H22N4. The highest BCUT2D eigenvalue weighted by molar-refractivity contribution is 5.72. The third-order valence-corrected chi connectivity index (χ3v) is 3.81. The summed E-state index contributed by atoms with van der Waals surface area (Å²) >= 11 is 0. The van der Waals surface area contributed by atoms with E-state index in [4.69, 9.17) is 16.8 Å². The van der Waals surface area contributed by atoms with Crippen LogP contribution in [0.2, 0.25) is 0 Å². The quantitative estimate of drug-likeness (QED) is 0.461. The second kappa shape index (κ2) is 6.55. The summed E-state index contributed by atoms with van der Waals surface area (Å²) in [6, 6.07) is 18.2. The molecule has 23 heavy (non-hydrogen) atoms. The molecule has 4 heteroatoms. The Balaban J connectivity index is 2.30. The smallest absolute Gasteiger partial charge is 0.151 e. The van der Waals surface area contributed by atoms with Crippen molar-refractivity contribution in [2.24, 2.45) is 11.6 Å². The fourth-order valence-corrected chi connectivity index (χ4v) is 2.32. The number of hydrazine groups is 1. The first-order valence-corrected chi connectivity index (χ1v) is 7.44. The minimum Gasteiger partial charge on any atom is -0.396 e. The highest BCUT2D eigenvalue weighted by Crippen LogP contribution is 2.26. The van der Waals surface area contributed by atoms with E-state index in [0.717, 1.165) is 16.7 Å². The van der Waals surface area contributed by atoms with E-state index < -0.39 is 0 Å². The van der Waals surface area contributed by atoms with Crippen molar-refractivity contribution in [2.75, 3.05) is 0 Å². The fourth-order valence-electron chi connectivity index (χ4n) is 2.32. The third-order valence-electron chi connectivity index (χ3n) is 3.81. The molecule has 118 valence electrons. The van der Waals surface area contributed by atoms with Gasteiger partial charge in [0.1, 0.15) is 6.07 Å². The highest BCUT2D eigenvalue weighted by Gasteiger charge is 2.13. The number of hydrogen-bond donors (Lipinski definition) is 3. The summed E-state index contributed by atoms with van der Waals surface area (Å²) in [5.74, 6) is 5.28. The molecule has 2 aromatic rings. The van der Waals surface area contributed by atoms with E-state index in [2.05, 4.69) is 50.5 Å². The van der Waals surface area contributed by atoms with Crippen molar-refractivity contribution in [3.8, 4) is 17.2 Å². The van der Waals surface area contributed by atoms with Gasteiger partial charge in [0, 0.05) is 5.56 Å². The average Bonchev–Trinajstić information content (AvgIpc) is 2.55. The minimum atomic E-state index is 0.143. The molecule has 0 atom stereocenters. The maximum Gasteiger partial charge on any atom is 0.151 e. The molecule has 0 aliphatic heterocycles. The maximum absolute atomic E-state index is 8.95. The van der Waals surface area contributed by atoms with Crippen LogP contribution < -0.4 is 17.0 Å². The van der Waals surface area contributed by atoms with Crippen molar-refractivity contribution in [1.82, 2.24) is 5.43 Å². The summed E-state index contributed by atoms with van der Waals surface area (Å²) in [4.78, 5) is 0. The van der Waals surface area contributed by atoms with Crippen LogP contribution in [0.1, 0.15) is 31.9 Å². The number of benzene rings is 2. The van der Waals surface area contributed by atoms with Gasteiger partial charge in [0.05, 0.1) is 5.70 Å². The third kappa shape index (κ3) is 3.71. The summed E-state index contributed by atoms with van der Waals surface area (Å²) in [7, 11) is 0. The van der Waals surface area contributed by atoms with Crippen LogP contribution in [0.4, 0.5) is 0 Å². The largest absolute Gasteiger partial charge is 0.396 e. The topological polar surface area (TPSA) is 87.9 Å². The molecule has 0 aliphatic rings. The number of hydrogen-bond acceptors (Lipinski definition) is 4. The lowest BCUT2D eigenvalue weighted by atomic mass is 9.86. The van der Waals surface area contributed by atoms with Gasteiger partial charge in [0.2, 0.25) is 0 Å². The highest BCUT2D eigenvalue weighted by atomic mass is 15.2. The van der Waals surface area contributed by atoms with Crippen molar-refractivity contribution >= 4 is 5.70 Å². The van der Waals surface area contributed by atoms with Gasteiger partial charge in [-0.05, 0) is 22.1 Å². The molecule has 0 heterocycles. The first-order valence-electron chi connectivity index (χ1n) is 7.44. The average molecular weight is 306 g/mol. The van der Waals surface area contributed by atoms with Gasteiger partial charge in [-0.2, -0.15) is 5.26 Å². The number of nitrogens with one attached hydrogen (secondary N) is 1. The molecule has 0 saturated carbocycles. The zero-order valence-electron chi connectivity index (χ0n) is 13.7. The number of nitriles is 1. The normalized spacial score (nSPS) is 12.3. The lowest BCUT2D eigenvalue weighted by Gasteiger charge is -2.19. The summed E-state index contributed by atoms with van der Waals surface area (Å²) in [5, 5.41) is 8.95. The molecule has 4 nitrogen and oxygen atoms in total. The molecule has 0 saturated heterocycles. The van der Waals surface area contributed by atoms with E-state index in [1.807, 2.05) is 30.3 Å². The Morgan fingerprint density at radius 2 is 1.43 bits per heavy atom. The Morgan fingerprint density at radius 3 is 1.83 bits per heavy atom. The predicted molar refractivity (Wildman–Crippen MR) is 94.6 cm³/mol. The Labute approximate surface area is 137 Å². The summed E-state index contributed by atoms with van der Waals surface area (Å²) in [6.07, 6.45) is 0. The van der Waals surface area contributed by atoms with Gasteiger partial charge in [0.25, 0.3) is 0 Å². The Kier molecular flexibility index (Phi) is 4.73. The van der Waals surface area contributed by atoms with Gasteiger partial charge < -0.3 is 11.2 Å². The van der Waals surface area contributed by atoms with E-state index in [1.54, 1.807) is 0 Å². The number of nitrogens with two attached hydrogens (primary N) is 2. The Bertz CT molecular complexity index is 742. The van der Waals surface area contributed by atoms with Crippen molar-refractivity contribution in [3.63, 3.8) is 0 Å². The van der Waals surface area contributed by atoms with Crippen LogP contribution >= 0.6 is 0 Å². The number of allylic oxidation sites excluding steroid dienone is 1. The van der Waals surface area contributed by atoms with Crippen LogP contribution in [0.5, 0.6) is 0 Å².